The number of aliphatic hydroxyl groups is 1. The summed E-state index contributed by atoms with van der Waals surface area (Å²) in [6, 6.07) is 6.40. The highest BCUT2D eigenvalue weighted by molar-refractivity contribution is 7.89. The van der Waals surface area contributed by atoms with Crippen LogP contribution in [-0.2, 0) is 10.0 Å². The summed E-state index contributed by atoms with van der Waals surface area (Å²) in [5.41, 5.74) is 0.715. The largest absolute Gasteiger partial charge is 0.389 e. The van der Waals surface area contributed by atoms with Gasteiger partial charge in [0.15, 0.2) is 0 Å². The van der Waals surface area contributed by atoms with E-state index in [0.717, 1.165) is 19.3 Å². The molecule has 0 radical (unpaired) electrons. The van der Waals surface area contributed by atoms with Crippen LogP contribution in [0.25, 0.3) is 0 Å². The molecule has 0 heterocycles. The molecule has 1 unspecified atom stereocenters. The van der Waals surface area contributed by atoms with E-state index in [4.69, 9.17) is 0 Å². The zero-order valence-electron chi connectivity index (χ0n) is 11.8. The number of hydrogen-bond acceptors (Lipinski definition) is 3. The van der Waals surface area contributed by atoms with Gasteiger partial charge >= 0.3 is 0 Å². The predicted octanol–water partition coefficient (Wildman–Crippen LogP) is 2.55. The Labute approximate surface area is 116 Å². The van der Waals surface area contributed by atoms with Crippen LogP contribution in [0, 0.1) is 0 Å². The van der Waals surface area contributed by atoms with Crippen molar-refractivity contribution in [3.63, 3.8) is 0 Å². The summed E-state index contributed by atoms with van der Waals surface area (Å²) in [7, 11) is -1.81. The van der Waals surface area contributed by atoms with E-state index in [2.05, 4.69) is 6.92 Å². The third-order valence-corrected chi connectivity index (χ3v) is 5.02. The molecule has 0 aliphatic heterocycles. The van der Waals surface area contributed by atoms with Gasteiger partial charge in [-0.2, -0.15) is 0 Å². The molecule has 1 atom stereocenters. The molecule has 0 saturated heterocycles. The Balaban J connectivity index is 2.81. The standard InChI is InChI=1S/C14H23NO3S/c1-4-5-6-11-15(3)19(17,18)14-9-7-13(8-10-14)12(2)16/h7-10,12,16H,4-6,11H2,1-3H3. The van der Waals surface area contributed by atoms with Crippen molar-refractivity contribution in [3.05, 3.63) is 29.8 Å². The maximum Gasteiger partial charge on any atom is 0.242 e. The average molecular weight is 285 g/mol. The smallest absolute Gasteiger partial charge is 0.242 e. The topological polar surface area (TPSA) is 57.6 Å². The molecule has 4 nitrogen and oxygen atoms in total. The molecule has 0 aliphatic rings. The van der Waals surface area contributed by atoms with Crippen molar-refractivity contribution < 1.29 is 13.5 Å². The first-order chi connectivity index (χ1) is 8.89. The first kappa shape index (κ1) is 16.1. The van der Waals surface area contributed by atoms with Crippen molar-refractivity contribution in [1.82, 2.24) is 4.31 Å². The quantitative estimate of drug-likeness (QED) is 0.783. The highest BCUT2D eigenvalue weighted by atomic mass is 32.2. The number of sulfonamides is 1. The van der Waals surface area contributed by atoms with Crippen LogP contribution in [-0.4, -0.2) is 31.4 Å². The molecule has 0 aromatic heterocycles. The number of unbranched alkanes of at least 4 members (excludes halogenated alkanes) is 2. The van der Waals surface area contributed by atoms with Crippen LogP contribution in [0.1, 0.15) is 44.8 Å². The maximum atomic E-state index is 12.3. The fourth-order valence-electron chi connectivity index (χ4n) is 1.80. The highest BCUT2D eigenvalue weighted by Crippen LogP contribution is 2.18. The summed E-state index contributed by atoms with van der Waals surface area (Å²) in [5, 5.41) is 9.41. The van der Waals surface area contributed by atoms with E-state index in [-0.39, 0.29) is 4.90 Å². The molecule has 0 spiro atoms. The Morgan fingerprint density at radius 1 is 1.21 bits per heavy atom. The third kappa shape index (κ3) is 4.30. The van der Waals surface area contributed by atoms with Gasteiger partial charge in [-0.3, -0.25) is 0 Å². The van der Waals surface area contributed by atoms with Crippen molar-refractivity contribution in [2.75, 3.05) is 13.6 Å². The van der Waals surface area contributed by atoms with E-state index in [9.17, 15) is 13.5 Å². The van der Waals surface area contributed by atoms with Gasteiger partial charge in [0.1, 0.15) is 0 Å². The fourth-order valence-corrected chi connectivity index (χ4v) is 3.01. The van der Waals surface area contributed by atoms with E-state index < -0.39 is 16.1 Å². The van der Waals surface area contributed by atoms with Gasteiger partial charge in [0.05, 0.1) is 11.0 Å². The van der Waals surface area contributed by atoms with Crippen molar-refractivity contribution in [1.29, 1.82) is 0 Å². The molecule has 108 valence electrons. The Hall–Kier alpha value is -0.910. The molecule has 5 heteroatoms. The third-order valence-electron chi connectivity index (χ3n) is 3.15. The molecule has 0 saturated carbocycles. The second-order valence-corrected chi connectivity index (χ2v) is 6.82. The van der Waals surface area contributed by atoms with Crippen molar-refractivity contribution in [2.24, 2.45) is 0 Å². The summed E-state index contributed by atoms with van der Waals surface area (Å²) in [4.78, 5) is 0.274. The summed E-state index contributed by atoms with van der Waals surface area (Å²) in [6.07, 6.45) is 2.38. The monoisotopic (exact) mass is 285 g/mol. The Morgan fingerprint density at radius 2 is 1.79 bits per heavy atom. The van der Waals surface area contributed by atoms with Gasteiger partial charge in [-0.25, -0.2) is 12.7 Å². The Bertz CT molecular complexity index is 480. The molecular formula is C14H23NO3S. The van der Waals surface area contributed by atoms with E-state index in [1.54, 1.807) is 38.2 Å². The number of hydrogen-bond donors (Lipinski definition) is 1. The Kier molecular flexibility index (Phi) is 5.97. The van der Waals surface area contributed by atoms with Gasteiger partial charge in [-0.15, -0.1) is 0 Å². The lowest BCUT2D eigenvalue weighted by atomic mass is 10.1. The van der Waals surface area contributed by atoms with Crippen molar-refractivity contribution in [3.8, 4) is 0 Å². The SMILES string of the molecule is CCCCCN(C)S(=O)(=O)c1ccc(C(C)O)cc1. The van der Waals surface area contributed by atoms with Gasteiger partial charge in [-0.05, 0) is 31.0 Å². The lowest BCUT2D eigenvalue weighted by Gasteiger charge is -2.17. The molecule has 0 fully saturated rings. The van der Waals surface area contributed by atoms with Crippen LogP contribution in [0.5, 0.6) is 0 Å². The van der Waals surface area contributed by atoms with Crippen LogP contribution in [0.15, 0.2) is 29.2 Å². The number of rotatable bonds is 7. The lowest BCUT2D eigenvalue weighted by Crippen LogP contribution is -2.28. The second-order valence-electron chi connectivity index (χ2n) is 4.78. The summed E-state index contributed by atoms with van der Waals surface area (Å²) in [6.45, 7) is 4.28. The van der Waals surface area contributed by atoms with Crippen molar-refractivity contribution >= 4 is 10.0 Å². The van der Waals surface area contributed by atoms with Crippen LogP contribution in [0.4, 0.5) is 0 Å². The molecule has 1 aromatic carbocycles. The number of benzene rings is 1. The van der Waals surface area contributed by atoms with E-state index in [1.165, 1.54) is 4.31 Å². The molecular weight excluding hydrogens is 262 g/mol. The van der Waals surface area contributed by atoms with Gasteiger partial charge < -0.3 is 5.11 Å². The van der Waals surface area contributed by atoms with Crippen LogP contribution in [0.2, 0.25) is 0 Å². The minimum Gasteiger partial charge on any atom is -0.389 e. The maximum absolute atomic E-state index is 12.3. The number of nitrogens with zero attached hydrogens (tertiary/aromatic N) is 1. The summed E-state index contributed by atoms with van der Waals surface area (Å²) >= 11 is 0. The van der Waals surface area contributed by atoms with Crippen LogP contribution in [0.3, 0.4) is 0 Å². The van der Waals surface area contributed by atoms with E-state index in [1.807, 2.05) is 0 Å². The van der Waals surface area contributed by atoms with Gasteiger partial charge in [-0.1, -0.05) is 31.9 Å². The number of aliphatic hydroxyl groups excluding tert-OH is 1. The van der Waals surface area contributed by atoms with E-state index >= 15 is 0 Å². The minimum absolute atomic E-state index is 0.274. The van der Waals surface area contributed by atoms with Crippen molar-refractivity contribution in [2.45, 2.75) is 44.1 Å². The normalized spacial score (nSPS) is 13.7. The first-order valence-corrected chi connectivity index (χ1v) is 8.08. The van der Waals surface area contributed by atoms with Gasteiger partial charge in [0.25, 0.3) is 0 Å². The fraction of sp³-hybridized carbons (Fsp3) is 0.571. The minimum atomic E-state index is -3.41. The molecule has 0 bridgehead atoms. The zero-order chi connectivity index (χ0) is 14.5. The predicted molar refractivity (Wildman–Crippen MR) is 76.4 cm³/mol. The Morgan fingerprint density at radius 3 is 2.26 bits per heavy atom. The lowest BCUT2D eigenvalue weighted by molar-refractivity contribution is 0.199. The van der Waals surface area contributed by atoms with Crippen LogP contribution < -0.4 is 0 Å². The first-order valence-electron chi connectivity index (χ1n) is 6.64. The molecule has 0 aliphatic carbocycles. The average Bonchev–Trinajstić information content (AvgIpc) is 2.39. The van der Waals surface area contributed by atoms with E-state index in [0.29, 0.717) is 12.1 Å². The zero-order valence-corrected chi connectivity index (χ0v) is 12.7. The highest BCUT2D eigenvalue weighted by Gasteiger charge is 2.20. The second kappa shape index (κ2) is 7.03. The van der Waals surface area contributed by atoms with Gasteiger partial charge in [0, 0.05) is 13.6 Å². The molecule has 1 N–H and O–H groups in total. The molecule has 19 heavy (non-hydrogen) atoms. The van der Waals surface area contributed by atoms with Crippen LogP contribution >= 0.6 is 0 Å². The molecule has 0 amide bonds. The molecule has 1 rings (SSSR count). The summed E-state index contributed by atoms with van der Waals surface area (Å²) < 4.78 is 25.9. The summed E-state index contributed by atoms with van der Waals surface area (Å²) in [5.74, 6) is 0. The van der Waals surface area contributed by atoms with Gasteiger partial charge in [0.2, 0.25) is 10.0 Å². The molecule has 1 aromatic rings.